The van der Waals surface area contributed by atoms with Gasteiger partial charge in [-0.2, -0.15) is 0 Å². The van der Waals surface area contributed by atoms with Gasteiger partial charge in [0.2, 0.25) is 0 Å². The minimum absolute atomic E-state index is 0.680. The van der Waals surface area contributed by atoms with Crippen molar-refractivity contribution in [3.8, 4) is 34.0 Å². The zero-order valence-corrected chi connectivity index (χ0v) is 16.8. The summed E-state index contributed by atoms with van der Waals surface area (Å²) in [6.07, 6.45) is 1.77. The molecule has 2 aromatic heterocycles. The Bertz CT molecular complexity index is 973. The smallest absolute Gasteiger partial charge is 0.160 e. The number of rotatable bonds is 3. The van der Waals surface area contributed by atoms with Crippen molar-refractivity contribution in [1.29, 1.82) is 0 Å². The molecule has 0 radical (unpaired) electrons. The topological polar surface area (TPSA) is 38.7 Å². The van der Waals surface area contributed by atoms with Crippen LogP contribution >= 0.6 is 31.9 Å². The minimum Gasteiger partial charge on any atom is -0.255 e. The van der Waals surface area contributed by atoms with Gasteiger partial charge in [-0.1, -0.05) is 68.3 Å². The Balaban J connectivity index is 1.93. The lowest BCUT2D eigenvalue weighted by Crippen LogP contribution is -1.96. The van der Waals surface area contributed by atoms with Crippen LogP contribution in [0.3, 0.4) is 0 Å². The first-order valence-electron chi connectivity index (χ1n) is 8.01. The van der Waals surface area contributed by atoms with E-state index in [0.29, 0.717) is 5.82 Å². The fourth-order valence-electron chi connectivity index (χ4n) is 2.66. The molecule has 0 bridgehead atoms. The van der Waals surface area contributed by atoms with E-state index in [2.05, 4.69) is 36.8 Å². The second kappa shape index (κ2) is 7.48. The lowest BCUT2D eigenvalue weighted by Gasteiger charge is -2.09. The number of hydrogen-bond donors (Lipinski definition) is 0. The van der Waals surface area contributed by atoms with Crippen LogP contribution in [0.4, 0.5) is 0 Å². The Morgan fingerprint density at radius 3 is 1.96 bits per heavy atom. The van der Waals surface area contributed by atoms with Crippen molar-refractivity contribution in [2.24, 2.45) is 0 Å². The van der Waals surface area contributed by atoms with Gasteiger partial charge >= 0.3 is 0 Å². The molecule has 0 N–H and O–H groups in total. The maximum absolute atomic E-state index is 4.80. The molecule has 0 aliphatic carbocycles. The van der Waals surface area contributed by atoms with Gasteiger partial charge in [0.05, 0.1) is 17.1 Å². The van der Waals surface area contributed by atoms with Crippen molar-refractivity contribution < 1.29 is 0 Å². The summed E-state index contributed by atoms with van der Waals surface area (Å²) >= 11 is 7.10. The molecule has 0 fully saturated rings. The van der Waals surface area contributed by atoms with Crippen LogP contribution < -0.4 is 0 Å². The van der Waals surface area contributed by atoms with Crippen molar-refractivity contribution in [2.75, 3.05) is 0 Å². The first-order valence-corrected chi connectivity index (χ1v) is 9.60. The highest BCUT2D eigenvalue weighted by Gasteiger charge is 2.11. The number of halogens is 2. The average molecular weight is 467 g/mol. The summed E-state index contributed by atoms with van der Waals surface area (Å²) in [4.78, 5) is 14.0. The molecule has 0 amide bonds. The van der Waals surface area contributed by atoms with E-state index in [1.807, 2.05) is 72.8 Å². The van der Waals surface area contributed by atoms with Crippen molar-refractivity contribution in [2.45, 2.75) is 0 Å². The third-order valence-electron chi connectivity index (χ3n) is 3.84. The monoisotopic (exact) mass is 465 g/mol. The number of nitrogens with zero attached hydrogens (tertiary/aromatic N) is 3. The standard InChI is InChI=1S/C21H13Br2N3/c22-16-10-15(11-17(23)12-16)19-13-20(18-8-4-5-9-24-18)26-21(25-19)14-6-2-1-3-7-14/h1-13H. The molecule has 0 aliphatic rings. The molecule has 5 heteroatoms. The van der Waals surface area contributed by atoms with Crippen LogP contribution in [-0.2, 0) is 0 Å². The Kier molecular flexibility index (Phi) is 4.91. The van der Waals surface area contributed by atoms with Gasteiger partial charge in [-0.15, -0.1) is 0 Å². The summed E-state index contributed by atoms with van der Waals surface area (Å²) in [5.74, 6) is 0.680. The number of hydrogen-bond acceptors (Lipinski definition) is 3. The molecule has 3 nitrogen and oxygen atoms in total. The summed E-state index contributed by atoms with van der Waals surface area (Å²) in [6, 6.07) is 23.9. The van der Waals surface area contributed by atoms with E-state index in [4.69, 9.17) is 9.97 Å². The fourth-order valence-corrected chi connectivity index (χ4v) is 3.95. The predicted octanol–water partition coefficient (Wildman–Crippen LogP) is 6.40. The molecular formula is C21H13Br2N3. The second-order valence-electron chi connectivity index (χ2n) is 5.70. The van der Waals surface area contributed by atoms with Crippen LogP contribution in [0.1, 0.15) is 0 Å². The normalized spacial score (nSPS) is 10.7. The summed E-state index contributed by atoms with van der Waals surface area (Å²) < 4.78 is 1.97. The van der Waals surface area contributed by atoms with Gasteiger partial charge in [0.1, 0.15) is 0 Å². The highest BCUT2D eigenvalue weighted by Crippen LogP contribution is 2.30. The molecule has 2 heterocycles. The molecular weight excluding hydrogens is 454 g/mol. The van der Waals surface area contributed by atoms with Gasteiger partial charge in [0, 0.05) is 26.3 Å². The SMILES string of the molecule is Brc1cc(Br)cc(-c2cc(-c3ccccn3)nc(-c3ccccc3)n2)c1. The Morgan fingerprint density at radius 1 is 0.577 bits per heavy atom. The largest absolute Gasteiger partial charge is 0.255 e. The summed E-state index contributed by atoms with van der Waals surface area (Å²) in [7, 11) is 0. The van der Waals surface area contributed by atoms with Crippen molar-refractivity contribution >= 4 is 31.9 Å². The Hall–Kier alpha value is -2.37. The van der Waals surface area contributed by atoms with E-state index < -0.39 is 0 Å². The predicted molar refractivity (Wildman–Crippen MR) is 112 cm³/mol. The average Bonchev–Trinajstić information content (AvgIpc) is 2.68. The molecule has 0 aliphatic heterocycles. The van der Waals surface area contributed by atoms with E-state index >= 15 is 0 Å². The minimum atomic E-state index is 0.680. The molecule has 0 saturated heterocycles. The zero-order chi connectivity index (χ0) is 17.9. The highest BCUT2D eigenvalue weighted by atomic mass is 79.9. The highest BCUT2D eigenvalue weighted by molar-refractivity contribution is 9.11. The summed E-state index contributed by atoms with van der Waals surface area (Å²) in [5.41, 5.74) is 4.44. The first kappa shape index (κ1) is 17.1. The zero-order valence-electron chi connectivity index (χ0n) is 13.6. The lowest BCUT2D eigenvalue weighted by molar-refractivity contribution is 1.16. The molecule has 0 atom stereocenters. The second-order valence-corrected chi connectivity index (χ2v) is 7.53. The van der Waals surface area contributed by atoms with Crippen molar-refractivity contribution in [1.82, 2.24) is 15.0 Å². The number of aromatic nitrogens is 3. The van der Waals surface area contributed by atoms with Gasteiger partial charge in [-0.25, -0.2) is 9.97 Å². The third kappa shape index (κ3) is 3.74. The maximum Gasteiger partial charge on any atom is 0.160 e. The van der Waals surface area contributed by atoms with E-state index in [1.54, 1.807) is 6.20 Å². The van der Waals surface area contributed by atoms with Gasteiger partial charge in [-0.05, 0) is 36.4 Å². The Labute approximate surface area is 168 Å². The number of pyridine rings is 1. The van der Waals surface area contributed by atoms with Gasteiger partial charge in [0.15, 0.2) is 5.82 Å². The number of benzene rings is 2. The van der Waals surface area contributed by atoms with Crippen LogP contribution in [0.25, 0.3) is 34.0 Å². The quantitative estimate of drug-likeness (QED) is 0.350. The van der Waals surface area contributed by atoms with Crippen molar-refractivity contribution in [3.63, 3.8) is 0 Å². The van der Waals surface area contributed by atoms with Crippen LogP contribution in [0.15, 0.2) is 87.9 Å². The molecule has 2 aromatic carbocycles. The first-order chi connectivity index (χ1) is 12.7. The lowest BCUT2D eigenvalue weighted by atomic mass is 10.1. The van der Waals surface area contributed by atoms with Crippen LogP contribution in [-0.4, -0.2) is 15.0 Å². The molecule has 4 rings (SSSR count). The van der Waals surface area contributed by atoms with Gasteiger partial charge in [0.25, 0.3) is 0 Å². The molecule has 0 spiro atoms. The van der Waals surface area contributed by atoms with E-state index in [0.717, 1.165) is 37.2 Å². The van der Waals surface area contributed by atoms with E-state index in [-0.39, 0.29) is 0 Å². The maximum atomic E-state index is 4.80. The molecule has 4 aromatic rings. The summed E-state index contributed by atoms with van der Waals surface area (Å²) in [5, 5.41) is 0. The van der Waals surface area contributed by atoms with Crippen LogP contribution in [0.2, 0.25) is 0 Å². The van der Waals surface area contributed by atoms with E-state index in [1.165, 1.54) is 0 Å². The molecule has 26 heavy (non-hydrogen) atoms. The third-order valence-corrected chi connectivity index (χ3v) is 4.76. The molecule has 126 valence electrons. The molecule has 0 unspecified atom stereocenters. The van der Waals surface area contributed by atoms with Crippen LogP contribution in [0.5, 0.6) is 0 Å². The summed E-state index contributed by atoms with van der Waals surface area (Å²) in [6.45, 7) is 0. The molecule has 0 saturated carbocycles. The van der Waals surface area contributed by atoms with Gasteiger partial charge < -0.3 is 0 Å². The van der Waals surface area contributed by atoms with Gasteiger partial charge in [-0.3, -0.25) is 4.98 Å². The van der Waals surface area contributed by atoms with Crippen LogP contribution in [0, 0.1) is 0 Å². The van der Waals surface area contributed by atoms with Crippen molar-refractivity contribution in [3.05, 3.63) is 87.9 Å². The Morgan fingerprint density at radius 2 is 1.27 bits per heavy atom. The van der Waals surface area contributed by atoms with E-state index in [9.17, 15) is 0 Å². The fraction of sp³-hybridized carbons (Fsp3) is 0.